The first-order valence-corrected chi connectivity index (χ1v) is 6.46. The highest BCUT2D eigenvalue weighted by Gasteiger charge is 2.24. The van der Waals surface area contributed by atoms with E-state index in [4.69, 9.17) is 0 Å². The molecule has 1 aromatic heterocycles. The van der Waals surface area contributed by atoms with Crippen LogP contribution >= 0.6 is 0 Å². The molecule has 1 N–H and O–H groups in total. The average Bonchev–Trinajstić information content (AvgIpc) is 2.91. The van der Waals surface area contributed by atoms with Crippen molar-refractivity contribution in [3.05, 3.63) is 70.5 Å². The number of benzene rings is 2. The van der Waals surface area contributed by atoms with Gasteiger partial charge in [0.15, 0.2) is 6.04 Å². The molecule has 0 saturated heterocycles. The van der Waals surface area contributed by atoms with E-state index in [1.54, 1.807) is 30.3 Å². The molecule has 0 saturated carbocycles. The van der Waals surface area contributed by atoms with Crippen molar-refractivity contribution in [2.24, 2.45) is 0 Å². The van der Waals surface area contributed by atoms with Crippen molar-refractivity contribution in [1.29, 1.82) is 0 Å². The Bertz CT molecular complexity index is 858. The Hall–Kier alpha value is -3.22. The zero-order valence-corrected chi connectivity index (χ0v) is 11.3. The minimum Gasteiger partial charge on any atom is -0.479 e. The van der Waals surface area contributed by atoms with Crippen molar-refractivity contribution in [1.82, 2.24) is 9.55 Å². The third-order valence-corrected chi connectivity index (χ3v) is 3.40. The third kappa shape index (κ3) is 2.28. The number of non-ortho nitro benzene ring substituents is 1. The highest BCUT2D eigenvalue weighted by Crippen LogP contribution is 2.26. The maximum atomic E-state index is 11.7. The van der Waals surface area contributed by atoms with E-state index in [1.807, 2.05) is 0 Å². The predicted molar refractivity (Wildman–Crippen MR) is 78.6 cm³/mol. The molecular weight excluding hydrogens is 286 g/mol. The second-order valence-corrected chi connectivity index (χ2v) is 4.73. The van der Waals surface area contributed by atoms with Crippen molar-refractivity contribution < 1.29 is 14.8 Å². The Balaban J connectivity index is 2.15. The van der Waals surface area contributed by atoms with Crippen molar-refractivity contribution in [3.8, 4) is 0 Å². The van der Waals surface area contributed by atoms with Gasteiger partial charge in [-0.3, -0.25) is 10.1 Å². The topological polar surface area (TPSA) is 98.3 Å². The van der Waals surface area contributed by atoms with Gasteiger partial charge in [-0.25, -0.2) is 9.78 Å². The van der Waals surface area contributed by atoms with Crippen LogP contribution in [0.5, 0.6) is 0 Å². The highest BCUT2D eigenvalue weighted by molar-refractivity contribution is 5.83. The summed E-state index contributed by atoms with van der Waals surface area (Å²) in [5, 5.41) is 20.3. The molecule has 0 radical (unpaired) electrons. The van der Waals surface area contributed by atoms with Crippen molar-refractivity contribution in [2.75, 3.05) is 0 Å². The molecular formula is C15H11N3O4. The fourth-order valence-electron chi connectivity index (χ4n) is 2.40. The van der Waals surface area contributed by atoms with Crippen LogP contribution in [-0.4, -0.2) is 25.6 Å². The molecule has 0 bridgehead atoms. The minimum atomic E-state index is -1.02. The molecule has 0 spiro atoms. The zero-order valence-electron chi connectivity index (χ0n) is 11.3. The molecule has 3 aromatic rings. The summed E-state index contributed by atoms with van der Waals surface area (Å²) in [6.45, 7) is 0. The predicted octanol–water partition coefficient (Wildman–Crippen LogP) is 2.62. The lowest BCUT2D eigenvalue weighted by atomic mass is 10.1. The lowest BCUT2D eigenvalue weighted by molar-refractivity contribution is -0.384. The Labute approximate surface area is 124 Å². The summed E-state index contributed by atoms with van der Waals surface area (Å²) in [4.78, 5) is 26.0. The molecule has 110 valence electrons. The van der Waals surface area contributed by atoms with Gasteiger partial charge in [0, 0.05) is 12.1 Å². The zero-order chi connectivity index (χ0) is 15.7. The normalized spacial score (nSPS) is 12.2. The first-order valence-electron chi connectivity index (χ1n) is 6.46. The summed E-state index contributed by atoms with van der Waals surface area (Å²) in [7, 11) is 0. The minimum absolute atomic E-state index is 0.0793. The smallest absolute Gasteiger partial charge is 0.331 e. The van der Waals surface area contributed by atoms with E-state index in [9.17, 15) is 20.0 Å². The van der Waals surface area contributed by atoms with E-state index in [1.165, 1.54) is 29.1 Å². The molecule has 0 amide bonds. The number of rotatable bonds is 4. The monoisotopic (exact) mass is 297 g/mol. The van der Waals surface area contributed by atoms with Crippen molar-refractivity contribution >= 4 is 22.7 Å². The van der Waals surface area contributed by atoms with Crippen LogP contribution in [0, 0.1) is 10.1 Å². The summed E-state index contributed by atoms with van der Waals surface area (Å²) in [5.74, 6) is -1.02. The van der Waals surface area contributed by atoms with Crippen LogP contribution < -0.4 is 0 Å². The molecule has 0 fully saturated rings. The number of nitrogens with zero attached hydrogens (tertiary/aromatic N) is 3. The summed E-state index contributed by atoms with van der Waals surface area (Å²) >= 11 is 0. The largest absolute Gasteiger partial charge is 0.479 e. The molecule has 7 nitrogen and oxygen atoms in total. The summed E-state index contributed by atoms with van der Waals surface area (Å²) in [5.41, 5.74) is 1.44. The number of nitro benzene ring substituents is 1. The molecule has 3 rings (SSSR count). The van der Waals surface area contributed by atoms with E-state index >= 15 is 0 Å². The first-order chi connectivity index (χ1) is 10.6. The molecule has 0 aliphatic rings. The summed E-state index contributed by atoms with van der Waals surface area (Å²) < 4.78 is 1.50. The van der Waals surface area contributed by atoms with Crippen LogP contribution in [0.2, 0.25) is 0 Å². The molecule has 1 heterocycles. The molecule has 1 unspecified atom stereocenters. The van der Waals surface area contributed by atoms with Crippen LogP contribution in [0.1, 0.15) is 11.6 Å². The van der Waals surface area contributed by atoms with Crippen molar-refractivity contribution in [2.45, 2.75) is 6.04 Å². The van der Waals surface area contributed by atoms with Gasteiger partial charge < -0.3 is 9.67 Å². The van der Waals surface area contributed by atoms with Crippen LogP contribution in [-0.2, 0) is 4.79 Å². The van der Waals surface area contributed by atoms with Crippen LogP contribution in [0.25, 0.3) is 11.0 Å². The Kier molecular flexibility index (Phi) is 3.30. The average molecular weight is 297 g/mol. The Morgan fingerprint density at radius 1 is 1.23 bits per heavy atom. The first kappa shape index (κ1) is 13.7. The standard InChI is InChI=1S/C15H11N3O4/c19-15(20)14(10-4-2-1-3-5-10)17-9-16-12-8-11(18(21)22)6-7-13(12)17/h1-9,14H,(H,19,20). The molecule has 7 heteroatoms. The fraction of sp³-hybridized carbons (Fsp3) is 0.0667. The van der Waals surface area contributed by atoms with Gasteiger partial charge in [0.1, 0.15) is 0 Å². The van der Waals surface area contributed by atoms with Crippen LogP contribution in [0.3, 0.4) is 0 Å². The van der Waals surface area contributed by atoms with Crippen LogP contribution in [0.15, 0.2) is 54.9 Å². The van der Waals surface area contributed by atoms with E-state index in [0.717, 1.165) is 0 Å². The number of carboxylic acid groups (broad SMARTS) is 1. The number of nitro groups is 1. The highest BCUT2D eigenvalue weighted by atomic mass is 16.6. The van der Waals surface area contributed by atoms with Gasteiger partial charge in [-0.2, -0.15) is 0 Å². The van der Waals surface area contributed by atoms with Gasteiger partial charge >= 0.3 is 5.97 Å². The molecule has 2 aromatic carbocycles. The maximum absolute atomic E-state index is 11.7. The van der Waals surface area contributed by atoms with E-state index in [0.29, 0.717) is 16.6 Å². The summed E-state index contributed by atoms with van der Waals surface area (Å²) in [6, 6.07) is 12.0. The summed E-state index contributed by atoms with van der Waals surface area (Å²) in [6.07, 6.45) is 1.39. The Morgan fingerprint density at radius 2 is 1.95 bits per heavy atom. The van der Waals surface area contributed by atoms with Gasteiger partial charge in [0.25, 0.3) is 5.69 Å². The number of aromatic nitrogens is 2. The molecule has 0 aliphatic carbocycles. The van der Waals surface area contributed by atoms with E-state index < -0.39 is 16.9 Å². The SMILES string of the molecule is O=C(O)C(c1ccccc1)n1cnc2cc([N+](=O)[O-])ccc21. The van der Waals surface area contributed by atoms with Crippen molar-refractivity contribution in [3.63, 3.8) is 0 Å². The number of carboxylic acids is 1. The second kappa shape index (κ2) is 5.28. The second-order valence-electron chi connectivity index (χ2n) is 4.73. The molecule has 0 aliphatic heterocycles. The maximum Gasteiger partial charge on any atom is 0.331 e. The van der Waals surface area contributed by atoms with E-state index in [-0.39, 0.29) is 5.69 Å². The number of carbonyl (C=O) groups is 1. The molecule has 22 heavy (non-hydrogen) atoms. The number of imidazole rings is 1. The lowest BCUT2D eigenvalue weighted by Crippen LogP contribution is -2.19. The van der Waals surface area contributed by atoms with Gasteiger partial charge in [-0.05, 0) is 11.6 Å². The Morgan fingerprint density at radius 3 is 2.59 bits per heavy atom. The van der Waals surface area contributed by atoms with Crippen LogP contribution in [0.4, 0.5) is 5.69 Å². The van der Waals surface area contributed by atoms with E-state index in [2.05, 4.69) is 4.98 Å². The molecule has 1 atom stereocenters. The fourth-order valence-corrected chi connectivity index (χ4v) is 2.40. The quantitative estimate of drug-likeness (QED) is 0.589. The van der Waals surface area contributed by atoms with Gasteiger partial charge in [0.2, 0.25) is 0 Å². The van der Waals surface area contributed by atoms with Gasteiger partial charge in [-0.1, -0.05) is 30.3 Å². The number of aliphatic carboxylic acids is 1. The number of fused-ring (bicyclic) bond motifs is 1. The lowest BCUT2D eigenvalue weighted by Gasteiger charge is -2.15. The van der Waals surface area contributed by atoms with Gasteiger partial charge in [-0.15, -0.1) is 0 Å². The number of hydrogen-bond acceptors (Lipinski definition) is 4. The number of hydrogen-bond donors (Lipinski definition) is 1. The third-order valence-electron chi connectivity index (χ3n) is 3.40. The van der Waals surface area contributed by atoms with Gasteiger partial charge in [0.05, 0.1) is 22.3 Å².